The third kappa shape index (κ3) is 5.56. The van der Waals surface area contributed by atoms with Crippen molar-refractivity contribution in [2.24, 2.45) is 4.99 Å². The minimum atomic E-state index is -0.389. The number of nitro benzene ring substituents is 1. The Labute approximate surface area is 152 Å². The maximum Gasteiger partial charge on any atom is 0.269 e. The predicted octanol–water partition coefficient (Wildman–Crippen LogP) is 3.69. The number of rotatable bonds is 7. The second-order valence-electron chi connectivity index (χ2n) is 6.34. The molecular formula is C18H24N4O2S. The second kappa shape index (κ2) is 8.62. The molecule has 0 fully saturated rings. The lowest BCUT2D eigenvalue weighted by Crippen LogP contribution is -2.43. The van der Waals surface area contributed by atoms with Gasteiger partial charge in [0.1, 0.15) is 0 Å². The molecule has 0 amide bonds. The number of hydrogen-bond acceptors (Lipinski definition) is 4. The van der Waals surface area contributed by atoms with Crippen molar-refractivity contribution < 1.29 is 4.92 Å². The number of benzene rings is 1. The van der Waals surface area contributed by atoms with E-state index in [0.717, 1.165) is 18.7 Å². The highest BCUT2D eigenvalue weighted by Crippen LogP contribution is 2.26. The molecule has 0 radical (unpaired) electrons. The van der Waals surface area contributed by atoms with Gasteiger partial charge in [0, 0.05) is 35.5 Å². The fraction of sp³-hybridized carbons (Fsp3) is 0.389. The van der Waals surface area contributed by atoms with Gasteiger partial charge in [-0.2, -0.15) is 0 Å². The lowest BCUT2D eigenvalue weighted by molar-refractivity contribution is -0.384. The smallest absolute Gasteiger partial charge is 0.269 e. The molecule has 25 heavy (non-hydrogen) atoms. The third-order valence-electron chi connectivity index (χ3n) is 3.77. The molecule has 134 valence electrons. The van der Waals surface area contributed by atoms with E-state index >= 15 is 0 Å². The summed E-state index contributed by atoms with van der Waals surface area (Å²) in [6, 6.07) is 10.8. The maximum absolute atomic E-state index is 10.9. The number of hydrogen-bond donors (Lipinski definition) is 2. The zero-order valence-electron chi connectivity index (χ0n) is 14.8. The molecule has 0 aliphatic heterocycles. The van der Waals surface area contributed by atoms with Crippen molar-refractivity contribution in [1.82, 2.24) is 10.6 Å². The molecule has 0 spiro atoms. The van der Waals surface area contributed by atoms with Crippen LogP contribution in [0.25, 0.3) is 0 Å². The molecule has 2 rings (SSSR count). The maximum atomic E-state index is 10.9. The van der Waals surface area contributed by atoms with Gasteiger partial charge in [0.2, 0.25) is 0 Å². The summed E-state index contributed by atoms with van der Waals surface area (Å²) in [6.45, 7) is 8.27. The molecule has 0 saturated carbocycles. The van der Waals surface area contributed by atoms with Crippen LogP contribution in [0.15, 0.2) is 46.8 Å². The van der Waals surface area contributed by atoms with Gasteiger partial charge in [0.25, 0.3) is 5.69 Å². The third-order valence-corrected chi connectivity index (χ3v) is 5.01. The highest BCUT2D eigenvalue weighted by molar-refractivity contribution is 7.10. The molecular weight excluding hydrogens is 336 g/mol. The first-order chi connectivity index (χ1) is 11.9. The van der Waals surface area contributed by atoms with Crippen molar-refractivity contribution >= 4 is 23.0 Å². The Morgan fingerprint density at radius 3 is 2.72 bits per heavy atom. The van der Waals surface area contributed by atoms with Gasteiger partial charge in [-0.3, -0.25) is 10.1 Å². The minimum absolute atomic E-state index is 0.00408. The molecule has 1 aromatic heterocycles. The molecule has 7 heteroatoms. The van der Waals surface area contributed by atoms with E-state index in [0.29, 0.717) is 12.5 Å². The molecule has 0 saturated heterocycles. The topological polar surface area (TPSA) is 79.6 Å². The molecule has 2 aromatic rings. The van der Waals surface area contributed by atoms with Gasteiger partial charge in [0.05, 0.1) is 11.5 Å². The Balaban J connectivity index is 2.03. The summed E-state index contributed by atoms with van der Waals surface area (Å²) in [7, 11) is 0. The predicted molar refractivity (Wildman–Crippen MR) is 103 cm³/mol. The number of nitrogens with one attached hydrogen (secondary N) is 2. The number of nitro groups is 1. The molecule has 0 bridgehead atoms. The van der Waals surface area contributed by atoms with Crippen molar-refractivity contribution in [3.8, 4) is 0 Å². The average Bonchev–Trinajstić information content (AvgIpc) is 3.13. The Morgan fingerprint density at radius 2 is 2.08 bits per heavy atom. The van der Waals surface area contributed by atoms with Crippen molar-refractivity contribution in [2.75, 3.05) is 13.1 Å². The molecule has 1 aromatic carbocycles. The van der Waals surface area contributed by atoms with Crippen molar-refractivity contribution in [3.05, 3.63) is 62.3 Å². The SMILES string of the molecule is CCNC(=NCc1cccc([N+](=O)[O-])c1)NCC(C)(C)c1cccs1. The van der Waals surface area contributed by atoms with Gasteiger partial charge >= 0.3 is 0 Å². The van der Waals surface area contributed by atoms with Gasteiger partial charge in [-0.05, 0) is 23.9 Å². The molecule has 0 atom stereocenters. The van der Waals surface area contributed by atoms with Crippen molar-refractivity contribution in [3.63, 3.8) is 0 Å². The first kappa shape index (κ1) is 18.9. The highest BCUT2D eigenvalue weighted by Gasteiger charge is 2.21. The molecule has 0 aliphatic rings. The lowest BCUT2D eigenvalue weighted by atomic mass is 9.91. The van der Waals surface area contributed by atoms with Crippen LogP contribution in [0.2, 0.25) is 0 Å². The van der Waals surface area contributed by atoms with E-state index in [9.17, 15) is 10.1 Å². The fourth-order valence-corrected chi connectivity index (χ4v) is 3.19. The zero-order valence-corrected chi connectivity index (χ0v) is 15.6. The standard InChI is InChI=1S/C18H24N4O2S/c1-4-19-17(21-13-18(2,3)16-9-6-10-25-16)20-12-14-7-5-8-15(11-14)22(23)24/h5-11H,4,12-13H2,1-3H3,(H2,19,20,21). The van der Waals surface area contributed by atoms with Crippen LogP contribution in [-0.2, 0) is 12.0 Å². The largest absolute Gasteiger partial charge is 0.357 e. The Bertz CT molecular complexity index is 726. The number of nitrogens with zero attached hydrogens (tertiary/aromatic N) is 2. The summed E-state index contributed by atoms with van der Waals surface area (Å²) in [5.74, 6) is 0.707. The number of guanidine groups is 1. The van der Waals surface area contributed by atoms with Gasteiger partial charge < -0.3 is 10.6 Å². The first-order valence-corrected chi connectivity index (χ1v) is 9.10. The minimum Gasteiger partial charge on any atom is -0.357 e. The molecule has 2 N–H and O–H groups in total. The van der Waals surface area contributed by atoms with E-state index in [1.807, 2.05) is 13.0 Å². The van der Waals surface area contributed by atoms with Crippen LogP contribution in [0.3, 0.4) is 0 Å². The summed E-state index contributed by atoms with van der Waals surface area (Å²) in [4.78, 5) is 16.3. The molecule has 0 unspecified atom stereocenters. The van der Waals surface area contributed by atoms with E-state index in [-0.39, 0.29) is 16.0 Å². The van der Waals surface area contributed by atoms with Crippen molar-refractivity contribution in [1.29, 1.82) is 0 Å². The quantitative estimate of drug-likeness (QED) is 0.342. The van der Waals surface area contributed by atoms with E-state index < -0.39 is 0 Å². The number of thiophene rings is 1. The molecule has 1 heterocycles. The second-order valence-corrected chi connectivity index (χ2v) is 7.28. The first-order valence-electron chi connectivity index (χ1n) is 8.22. The lowest BCUT2D eigenvalue weighted by Gasteiger charge is -2.25. The van der Waals surface area contributed by atoms with E-state index in [1.165, 1.54) is 10.9 Å². The fourth-order valence-electron chi connectivity index (χ4n) is 2.34. The van der Waals surface area contributed by atoms with Crippen LogP contribution in [0.5, 0.6) is 0 Å². The highest BCUT2D eigenvalue weighted by atomic mass is 32.1. The Hall–Kier alpha value is -2.41. The van der Waals surface area contributed by atoms with E-state index in [1.54, 1.807) is 23.5 Å². The van der Waals surface area contributed by atoms with Gasteiger partial charge in [-0.15, -0.1) is 11.3 Å². The van der Waals surface area contributed by atoms with Gasteiger partial charge in [-0.1, -0.05) is 32.0 Å². The van der Waals surface area contributed by atoms with Crippen LogP contribution in [0.1, 0.15) is 31.2 Å². The van der Waals surface area contributed by atoms with Crippen LogP contribution >= 0.6 is 11.3 Å². The van der Waals surface area contributed by atoms with Crippen LogP contribution in [0.4, 0.5) is 5.69 Å². The van der Waals surface area contributed by atoms with Gasteiger partial charge in [-0.25, -0.2) is 4.99 Å². The summed E-state index contributed by atoms with van der Waals surface area (Å²) in [5.41, 5.74) is 0.893. The Kier molecular flexibility index (Phi) is 6.52. The summed E-state index contributed by atoms with van der Waals surface area (Å²) in [5, 5.41) is 19.5. The van der Waals surface area contributed by atoms with E-state index in [4.69, 9.17) is 0 Å². The van der Waals surface area contributed by atoms with Crippen LogP contribution in [0, 0.1) is 10.1 Å². The number of aliphatic imine (C=N–C) groups is 1. The zero-order chi connectivity index (χ0) is 18.3. The van der Waals surface area contributed by atoms with Crippen molar-refractivity contribution in [2.45, 2.75) is 32.7 Å². The summed E-state index contributed by atoms with van der Waals surface area (Å²) < 4.78 is 0. The summed E-state index contributed by atoms with van der Waals surface area (Å²) >= 11 is 1.75. The normalized spacial score (nSPS) is 12.0. The van der Waals surface area contributed by atoms with Crippen LogP contribution in [-0.4, -0.2) is 24.0 Å². The van der Waals surface area contributed by atoms with Crippen LogP contribution < -0.4 is 10.6 Å². The molecule has 6 nitrogen and oxygen atoms in total. The monoisotopic (exact) mass is 360 g/mol. The summed E-state index contributed by atoms with van der Waals surface area (Å²) in [6.07, 6.45) is 0. The average molecular weight is 360 g/mol. The van der Waals surface area contributed by atoms with Gasteiger partial charge in [0.15, 0.2) is 5.96 Å². The number of non-ortho nitro benzene ring substituents is 1. The van der Waals surface area contributed by atoms with E-state index in [2.05, 4.69) is 47.0 Å². The Morgan fingerprint density at radius 1 is 1.28 bits per heavy atom. The molecule has 0 aliphatic carbocycles.